The molecule has 0 unspecified atom stereocenters. The molecule has 0 saturated carbocycles. The Morgan fingerprint density at radius 1 is 1.08 bits per heavy atom. The Hall–Kier alpha value is -2.95. The van der Waals surface area contributed by atoms with Crippen molar-refractivity contribution in [3.05, 3.63) is 51.9 Å². The smallest absolute Gasteiger partial charge is 0.220 e. The number of fused-ring (bicyclic) bond motifs is 1. The minimum Gasteiger partial charge on any atom is -0.504 e. The number of methoxy groups -OCH3 is 1. The molecule has 0 bridgehead atoms. The molecular formula is C19H18O5. The third kappa shape index (κ3) is 2.48. The van der Waals surface area contributed by atoms with E-state index in [9.17, 15) is 15.0 Å². The van der Waals surface area contributed by atoms with Crippen LogP contribution >= 0.6 is 0 Å². The number of benzene rings is 2. The summed E-state index contributed by atoms with van der Waals surface area (Å²) < 4.78 is 11.1. The molecule has 5 nitrogen and oxygen atoms in total. The zero-order valence-electron chi connectivity index (χ0n) is 13.7. The molecule has 0 spiro atoms. The van der Waals surface area contributed by atoms with Gasteiger partial charge in [0.1, 0.15) is 11.5 Å². The maximum Gasteiger partial charge on any atom is 0.220 e. The van der Waals surface area contributed by atoms with Gasteiger partial charge in [-0.2, -0.15) is 0 Å². The lowest BCUT2D eigenvalue weighted by atomic mass is 9.92. The average Bonchev–Trinajstić information content (AvgIpc) is 2.56. The first-order chi connectivity index (χ1) is 11.5. The second kappa shape index (κ2) is 5.92. The quantitative estimate of drug-likeness (QED) is 0.767. The molecule has 2 aliphatic rings. The molecule has 1 aromatic carbocycles. The highest BCUT2D eigenvalue weighted by atomic mass is 16.5. The first-order valence-electron chi connectivity index (χ1n) is 7.63. The molecule has 1 heterocycles. The van der Waals surface area contributed by atoms with Gasteiger partial charge >= 0.3 is 0 Å². The first kappa shape index (κ1) is 15.9. The second-order valence-electron chi connectivity index (χ2n) is 5.57. The van der Waals surface area contributed by atoms with E-state index in [1.165, 1.54) is 25.3 Å². The summed E-state index contributed by atoms with van der Waals surface area (Å²) in [5.74, 6) is 1.23. The number of phenolic OH excluding ortho intramolecular Hbond substituents is 2. The maximum atomic E-state index is 11.9. The highest BCUT2D eigenvalue weighted by Crippen LogP contribution is 2.41. The fraction of sp³-hybridized carbons (Fsp3) is 0.211. The third-order valence-corrected chi connectivity index (χ3v) is 4.14. The highest BCUT2D eigenvalue weighted by Gasteiger charge is 2.21. The van der Waals surface area contributed by atoms with Gasteiger partial charge in [-0.1, -0.05) is 6.92 Å². The van der Waals surface area contributed by atoms with Crippen molar-refractivity contribution in [1.82, 2.24) is 0 Å². The summed E-state index contributed by atoms with van der Waals surface area (Å²) in [5, 5.41) is 19.6. The van der Waals surface area contributed by atoms with E-state index in [1.54, 1.807) is 12.1 Å². The van der Waals surface area contributed by atoms with Gasteiger partial charge in [0.2, 0.25) is 5.43 Å². The van der Waals surface area contributed by atoms with Crippen LogP contribution in [0.3, 0.4) is 0 Å². The van der Waals surface area contributed by atoms with Gasteiger partial charge in [0, 0.05) is 11.1 Å². The van der Waals surface area contributed by atoms with Gasteiger partial charge in [0.15, 0.2) is 17.2 Å². The van der Waals surface area contributed by atoms with Crippen molar-refractivity contribution in [1.29, 1.82) is 0 Å². The number of hydrogen-bond donors (Lipinski definition) is 2. The number of aromatic hydroxyl groups is 2. The summed E-state index contributed by atoms with van der Waals surface area (Å²) in [6.07, 6.45) is 0.704. The van der Waals surface area contributed by atoms with Crippen molar-refractivity contribution in [2.45, 2.75) is 20.3 Å². The molecule has 124 valence electrons. The van der Waals surface area contributed by atoms with E-state index in [0.717, 1.165) is 11.1 Å². The molecule has 24 heavy (non-hydrogen) atoms. The van der Waals surface area contributed by atoms with Crippen molar-refractivity contribution < 1.29 is 19.4 Å². The minimum absolute atomic E-state index is 0.0251. The molecule has 0 aromatic heterocycles. The SMILES string of the molecule is CCc1c2cc(=O)c(O)cc-2c(-c2ccc(O)c(OC)c2)oc1C. The van der Waals surface area contributed by atoms with Crippen LogP contribution in [0, 0.1) is 6.92 Å². The van der Waals surface area contributed by atoms with E-state index in [2.05, 4.69) is 0 Å². The predicted octanol–water partition coefficient (Wildman–Crippen LogP) is 3.70. The number of phenols is 2. The fourth-order valence-electron chi connectivity index (χ4n) is 2.94. The number of ether oxygens (including phenoxy) is 1. The molecule has 0 amide bonds. The van der Waals surface area contributed by atoms with E-state index in [-0.39, 0.29) is 11.5 Å². The Bertz CT molecular complexity index is 939. The number of aryl methyl sites for hydroxylation is 1. The lowest BCUT2D eigenvalue weighted by molar-refractivity contribution is 0.373. The monoisotopic (exact) mass is 326 g/mol. The summed E-state index contributed by atoms with van der Waals surface area (Å²) in [7, 11) is 1.47. The van der Waals surface area contributed by atoms with E-state index in [1.807, 2.05) is 13.8 Å². The van der Waals surface area contributed by atoms with Gasteiger partial charge in [-0.05, 0) is 54.8 Å². The molecule has 3 rings (SSSR count). The van der Waals surface area contributed by atoms with E-state index in [0.29, 0.717) is 34.8 Å². The van der Waals surface area contributed by atoms with Crippen LogP contribution in [-0.2, 0) is 6.42 Å². The molecule has 1 aromatic rings. The Balaban J connectivity index is 2.37. The van der Waals surface area contributed by atoms with Crippen LogP contribution in [0.1, 0.15) is 18.2 Å². The fourth-order valence-corrected chi connectivity index (χ4v) is 2.94. The molecule has 0 radical (unpaired) electrons. The van der Waals surface area contributed by atoms with Crippen molar-refractivity contribution >= 4 is 0 Å². The Morgan fingerprint density at radius 3 is 2.50 bits per heavy atom. The van der Waals surface area contributed by atoms with Crippen molar-refractivity contribution in [2.24, 2.45) is 0 Å². The van der Waals surface area contributed by atoms with Gasteiger partial charge in [0.05, 0.1) is 7.11 Å². The van der Waals surface area contributed by atoms with Gasteiger partial charge in [-0.25, -0.2) is 0 Å². The lowest BCUT2D eigenvalue weighted by Gasteiger charge is -2.18. The number of rotatable bonds is 3. The third-order valence-electron chi connectivity index (χ3n) is 4.14. The highest BCUT2D eigenvalue weighted by molar-refractivity contribution is 5.84. The summed E-state index contributed by atoms with van der Waals surface area (Å²) in [5.41, 5.74) is 2.58. The molecule has 1 aliphatic carbocycles. The average molecular weight is 326 g/mol. The normalized spacial score (nSPS) is 11.0. The van der Waals surface area contributed by atoms with Crippen LogP contribution < -0.4 is 10.2 Å². The molecular weight excluding hydrogens is 308 g/mol. The minimum atomic E-state index is -0.419. The zero-order valence-corrected chi connectivity index (χ0v) is 13.7. The van der Waals surface area contributed by atoms with Crippen LogP contribution in [0.5, 0.6) is 17.2 Å². The van der Waals surface area contributed by atoms with E-state index >= 15 is 0 Å². The Labute approximate surface area is 139 Å². The van der Waals surface area contributed by atoms with E-state index < -0.39 is 5.43 Å². The molecule has 0 fully saturated rings. The maximum absolute atomic E-state index is 11.9. The Kier molecular flexibility index (Phi) is 3.93. The van der Waals surface area contributed by atoms with E-state index in [4.69, 9.17) is 9.15 Å². The van der Waals surface area contributed by atoms with Crippen molar-refractivity contribution in [3.8, 4) is 39.7 Å². The second-order valence-corrected chi connectivity index (χ2v) is 5.57. The van der Waals surface area contributed by atoms with Crippen LogP contribution in [0.2, 0.25) is 0 Å². The summed E-state index contributed by atoms with van der Waals surface area (Å²) in [4.78, 5) is 11.9. The van der Waals surface area contributed by atoms with Crippen LogP contribution in [0.4, 0.5) is 0 Å². The standard InChI is InChI=1S/C19H18O5/c1-4-12-10(2)24-19(11-5-6-15(20)18(7-11)23-3)14-9-17(22)16(21)8-13(12)14/h5-9,20,22H,4H2,1-3H3. The largest absolute Gasteiger partial charge is 0.504 e. The zero-order chi connectivity index (χ0) is 17.4. The summed E-state index contributed by atoms with van der Waals surface area (Å²) in [6.45, 7) is 3.83. The van der Waals surface area contributed by atoms with Gasteiger partial charge in [-0.3, -0.25) is 4.79 Å². The van der Waals surface area contributed by atoms with Crippen molar-refractivity contribution in [2.75, 3.05) is 7.11 Å². The topological polar surface area (TPSA) is 79.9 Å². The van der Waals surface area contributed by atoms with Crippen LogP contribution in [0.25, 0.3) is 22.5 Å². The lowest BCUT2D eigenvalue weighted by Crippen LogP contribution is -2.05. The Morgan fingerprint density at radius 2 is 1.83 bits per heavy atom. The van der Waals surface area contributed by atoms with Gasteiger partial charge in [-0.15, -0.1) is 0 Å². The molecule has 2 N–H and O–H groups in total. The first-order valence-corrected chi connectivity index (χ1v) is 7.63. The summed E-state index contributed by atoms with van der Waals surface area (Å²) in [6, 6.07) is 7.73. The van der Waals surface area contributed by atoms with Gasteiger partial charge in [0.25, 0.3) is 0 Å². The number of hydrogen-bond acceptors (Lipinski definition) is 5. The molecule has 5 heteroatoms. The molecule has 0 atom stereocenters. The van der Waals surface area contributed by atoms with Crippen molar-refractivity contribution in [3.63, 3.8) is 0 Å². The van der Waals surface area contributed by atoms with Crippen LogP contribution in [-0.4, -0.2) is 17.3 Å². The van der Waals surface area contributed by atoms with Gasteiger partial charge < -0.3 is 19.4 Å². The molecule has 1 aliphatic heterocycles. The predicted molar refractivity (Wildman–Crippen MR) is 91.0 cm³/mol. The molecule has 0 saturated heterocycles. The summed E-state index contributed by atoms with van der Waals surface area (Å²) >= 11 is 0. The van der Waals surface area contributed by atoms with Crippen LogP contribution in [0.15, 0.2) is 39.5 Å².